The number of nitrogens with zero attached hydrogens (tertiary/aromatic N) is 3. The smallest absolute Gasteiger partial charge is 0.254 e. The minimum Gasteiger partial charge on any atom is -0.475 e. The van der Waals surface area contributed by atoms with Crippen molar-refractivity contribution in [1.82, 2.24) is 10.1 Å². The van der Waals surface area contributed by atoms with Gasteiger partial charge >= 0.3 is 0 Å². The van der Waals surface area contributed by atoms with Crippen molar-refractivity contribution in [3.8, 4) is 5.88 Å². The summed E-state index contributed by atoms with van der Waals surface area (Å²) in [7, 11) is 0. The zero-order chi connectivity index (χ0) is 19.1. The molecule has 2 heterocycles. The number of morpholine rings is 1. The summed E-state index contributed by atoms with van der Waals surface area (Å²) in [6.45, 7) is 4.80. The highest BCUT2D eigenvalue weighted by Gasteiger charge is 2.14. The second-order valence-corrected chi connectivity index (χ2v) is 6.30. The van der Waals surface area contributed by atoms with Crippen LogP contribution in [0.2, 0.25) is 5.02 Å². The summed E-state index contributed by atoms with van der Waals surface area (Å²) in [5, 5.41) is 18.9. The quantitative estimate of drug-likeness (QED) is 0.243. The van der Waals surface area contributed by atoms with E-state index in [1.807, 2.05) is 0 Å². The van der Waals surface area contributed by atoms with Gasteiger partial charge in [0.1, 0.15) is 5.82 Å². The SMILES string of the molecule is ON=C(Nc1ccc(F)c(Cl)c1)c1cc(OCCCN2CCOCC2)no1. The molecule has 0 radical (unpaired) electrons. The zero-order valence-corrected chi connectivity index (χ0v) is 15.3. The second-order valence-electron chi connectivity index (χ2n) is 5.89. The molecule has 1 aromatic heterocycles. The van der Waals surface area contributed by atoms with Crippen LogP contribution in [0.5, 0.6) is 5.88 Å². The molecule has 1 aliphatic rings. The maximum atomic E-state index is 13.2. The highest BCUT2D eigenvalue weighted by Crippen LogP contribution is 2.21. The molecule has 1 aromatic carbocycles. The molecule has 0 atom stereocenters. The molecule has 8 nitrogen and oxygen atoms in total. The van der Waals surface area contributed by atoms with Crippen molar-refractivity contribution in [3.05, 3.63) is 40.9 Å². The lowest BCUT2D eigenvalue weighted by Crippen LogP contribution is -2.37. The number of aromatic nitrogens is 1. The van der Waals surface area contributed by atoms with Crippen LogP contribution in [0.1, 0.15) is 12.2 Å². The molecule has 3 rings (SSSR count). The second kappa shape index (κ2) is 9.54. The Labute approximate surface area is 160 Å². The third kappa shape index (κ3) is 5.56. The van der Waals surface area contributed by atoms with Crippen LogP contribution in [0.4, 0.5) is 10.1 Å². The molecule has 1 fully saturated rings. The number of hydrogen-bond acceptors (Lipinski definition) is 7. The molecule has 0 bridgehead atoms. The lowest BCUT2D eigenvalue weighted by molar-refractivity contribution is 0.0356. The highest BCUT2D eigenvalue weighted by molar-refractivity contribution is 6.31. The van der Waals surface area contributed by atoms with Gasteiger partial charge in [0.05, 0.1) is 30.9 Å². The van der Waals surface area contributed by atoms with E-state index in [-0.39, 0.29) is 22.5 Å². The van der Waals surface area contributed by atoms with Crippen LogP contribution in [0.15, 0.2) is 33.9 Å². The van der Waals surface area contributed by atoms with E-state index in [2.05, 4.69) is 20.5 Å². The third-order valence-corrected chi connectivity index (χ3v) is 4.27. The maximum absolute atomic E-state index is 13.2. The van der Waals surface area contributed by atoms with Crippen molar-refractivity contribution < 1.29 is 23.6 Å². The predicted octanol–water partition coefficient (Wildman–Crippen LogP) is 2.82. The molecular formula is C17H20ClFN4O4. The third-order valence-electron chi connectivity index (χ3n) is 3.98. The number of oxime groups is 1. The molecule has 0 unspecified atom stereocenters. The van der Waals surface area contributed by atoms with Gasteiger partial charge in [-0.1, -0.05) is 16.8 Å². The van der Waals surface area contributed by atoms with Gasteiger partial charge in [0.15, 0.2) is 0 Å². The van der Waals surface area contributed by atoms with E-state index in [1.165, 1.54) is 24.3 Å². The Balaban J connectivity index is 1.49. The molecular weight excluding hydrogens is 379 g/mol. The summed E-state index contributed by atoms with van der Waals surface area (Å²) in [6, 6.07) is 5.51. The molecule has 0 saturated carbocycles. The molecule has 146 valence electrons. The van der Waals surface area contributed by atoms with E-state index in [9.17, 15) is 9.60 Å². The topological polar surface area (TPSA) is 92.4 Å². The van der Waals surface area contributed by atoms with E-state index in [1.54, 1.807) is 0 Å². The van der Waals surface area contributed by atoms with Gasteiger partial charge in [-0.15, -0.1) is 0 Å². The number of halogens is 2. The average Bonchev–Trinajstić information content (AvgIpc) is 3.15. The molecule has 10 heteroatoms. The van der Waals surface area contributed by atoms with Gasteiger partial charge in [0.25, 0.3) is 5.88 Å². The predicted molar refractivity (Wildman–Crippen MR) is 97.2 cm³/mol. The number of ether oxygens (including phenoxy) is 2. The van der Waals surface area contributed by atoms with Crippen LogP contribution < -0.4 is 10.1 Å². The number of hydrogen-bond donors (Lipinski definition) is 2. The van der Waals surface area contributed by atoms with Gasteiger partial charge in [-0.2, -0.15) is 0 Å². The van der Waals surface area contributed by atoms with Gasteiger partial charge in [-0.25, -0.2) is 4.39 Å². The Hall–Kier alpha value is -2.36. The van der Waals surface area contributed by atoms with E-state index in [0.717, 1.165) is 39.3 Å². The van der Waals surface area contributed by atoms with Crippen LogP contribution >= 0.6 is 11.6 Å². The van der Waals surface area contributed by atoms with Crippen molar-refractivity contribution in [2.45, 2.75) is 6.42 Å². The van der Waals surface area contributed by atoms with Gasteiger partial charge in [-0.05, 0) is 29.8 Å². The van der Waals surface area contributed by atoms with Crippen LogP contribution in [-0.4, -0.2) is 60.6 Å². The van der Waals surface area contributed by atoms with Crippen molar-refractivity contribution in [2.75, 3.05) is 44.8 Å². The fourth-order valence-electron chi connectivity index (χ4n) is 2.57. The first kappa shape index (κ1) is 19.4. The van der Waals surface area contributed by atoms with Crippen LogP contribution in [-0.2, 0) is 4.74 Å². The molecule has 2 aromatic rings. The van der Waals surface area contributed by atoms with Crippen LogP contribution in [0.25, 0.3) is 0 Å². The lowest BCUT2D eigenvalue weighted by Gasteiger charge is -2.26. The maximum Gasteiger partial charge on any atom is 0.254 e. The standard InChI is InChI=1S/C17H20ClFN4O4/c18-13-10-12(2-3-14(13)19)20-17(21-24)15-11-16(22-27-15)26-7-1-4-23-5-8-25-9-6-23/h2-3,10-11,24H,1,4-9H2,(H,20,21). The van der Waals surface area contributed by atoms with Crippen molar-refractivity contribution in [1.29, 1.82) is 0 Å². The molecule has 0 amide bonds. The number of nitrogens with one attached hydrogen (secondary N) is 1. The van der Waals surface area contributed by atoms with Crippen LogP contribution in [0, 0.1) is 5.82 Å². The van der Waals surface area contributed by atoms with Gasteiger partial charge in [0, 0.05) is 25.3 Å². The molecule has 2 N–H and O–H groups in total. The number of anilines is 1. The Morgan fingerprint density at radius 1 is 1.37 bits per heavy atom. The largest absolute Gasteiger partial charge is 0.475 e. The average molecular weight is 399 g/mol. The first-order chi connectivity index (χ1) is 13.2. The number of rotatable bonds is 7. The Bertz CT molecular complexity index is 780. The highest BCUT2D eigenvalue weighted by atomic mass is 35.5. The monoisotopic (exact) mass is 398 g/mol. The molecule has 0 spiro atoms. The van der Waals surface area contributed by atoms with Crippen LogP contribution in [0.3, 0.4) is 0 Å². The number of amidine groups is 1. The number of benzene rings is 1. The minimum absolute atomic E-state index is 0.00617. The summed E-state index contributed by atoms with van der Waals surface area (Å²) >= 11 is 5.73. The molecule has 1 aliphatic heterocycles. The zero-order valence-electron chi connectivity index (χ0n) is 14.5. The van der Waals surface area contributed by atoms with E-state index >= 15 is 0 Å². The summed E-state index contributed by atoms with van der Waals surface area (Å²) in [5.74, 6) is -0.0985. The van der Waals surface area contributed by atoms with Crippen molar-refractivity contribution in [3.63, 3.8) is 0 Å². The Morgan fingerprint density at radius 3 is 2.93 bits per heavy atom. The van der Waals surface area contributed by atoms with Gasteiger partial charge in [0.2, 0.25) is 11.6 Å². The van der Waals surface area contributed by atoms with E-state index < -0.39 is 5.82 Å². The summed E-state index contributed by atoms with van der Waals surface area (Å²) < 4.78 is 29.2. The summed E-state index contributed by atoms with van der Waals surface area (Å²) in [4.78, 5) is 2.31. The molecule has 27 heavy (non-hydrogen) atoms. The lowest BCUT2D eigenvalue weighted by atomic mass is 10.3. The fourth-order valence-corrected chi connectivity index (χ4v) is 2.76. The minimum atomic E-state index is -0.544. The van der Waals surface area contributed by atoms with Crippen molar-refractivity contribution in [2.24, 2.45) is 5.16 Å². The summed E-state index contributed by atoms with van der Waals surface area (Å²) in [6.07, 6.45) is 0.843. The van der Waals surface area contributed by atoms with Crippen molar-refractivity contribution >= 4 is 23.1 Å². The molecule has 0 aliphatic carbocycles. The first-order valence-electron chi connectivity index (χ1n) is 8.50. The van der Waals surface area contributed by atoms with E-state index in [4.69, 9.17) is 25.6 Å². The first-order valence-corrected chi connectivity index (χ1v) is 8.87. The molecule has 1 saturated heterocycles. The normalized spacial score (nSPS) is 15.7. The van der Waals surface area contributed by atoms with Gasteiger partial charge in [-0.3, -0.25) is 4.90 Å². The Kier molecular flexibility index (Phi) is 6.86. The van der Waals surface area contributed by atoms with E-state index in [0.29, 0.717) is 12.3 Å². The fraction of sp³-hybridized carbons (Fsp3) is 0.412. The van der Waals surface area contributed by atoms with Gasteiger partial charge < -0.3 is 24.5 Å². The summed E-state index contributed by atoms with van der Waals surface area (Å²) in [5.41, 5.74) is 0.429. The Morgan fingerprint density at radius 2 is 2.19 bits per heavy atom.